The van der Waals surface area contributed by atoms with E-state index in [-0.39, 0.29) is 17.9 Å². The van der Waals surface area contributed by atoms with Crippen molar-refractivity contribution in [3.63, 3.8) is 0 Å². The van der Waals surface area contributed by atoms with Crippen LogP contribution in [0.5, 0.6) is 0 Å². The minimum absolute atomic E-state index is 0.0270. The van der Waals surface area contributed by atoms with Crippen molar-refractivity contribution in [1.82, 2.24) is 14.9 Å². The van der Waals surface area contributed by atoms with Crippen LogP contribution in [-0.4, -0.2) is 45.9 Å². The second-order valence-corrected chi connectivity index (χ2v) is 8.91. The third kappa shape index (κ3) is 5.19. The van der Waals surface area contributed by atoms with Gasteiger partial charge < -0.3 is 15.0 Å². The number of esters is 1. The second-order valence-electron chi connectivity index (χ2n) is 8.91. The molecular formula is C27H32N4O3. The number of hydrogen-bond acceptors (Lipinski definition) is 6. The highest BCUT2D eigenvalue weighted by Crippen LogP contribution is 2.31. The molecule has 0 bridgehead atoms. The predicted octanol–water partition coefficient (Wildman–Crippen LogP) is 5.65. The molecular weight excluding hydrogens is 428 g/mol. The minimum atomic E-state index is -0.330. The fourth-order valence-corrected chi connectivity index (χ4v) is 4.25. The van der Waals surface area contributed by atoms with Gasteiger partial charge in [0.2, 0.25) is 0 Å². The molecule has 178 valence electrons. The van der Waals surface area contributed by atoms with Crippen LogP contribution in [0.2, 0.25) is 0 Å². The number of fused-ring (bicyclic) bond motifs is 1. The van der Waals surface area contributed by atoms with Crippen LogP contribution in [0.4, 0.5) is 11.4 Å². The van der Waals surface area contributed by atoms with E-state index in [4.69, 9.17) is 4.74 Å². The number of nitrogens with one attached hydrogen (secondary N) is 1. The monoisotopic (exact) mass is 460 g/mol. The lowest BCUT2D eigenvalue weighted by Gasteiger charge is -2.34. The zero-order valence-corrected chi connectivity index (χ0v) is 20.1. The summed E-state index contributed by atoms with van der Waals surface area (Å²) in [6.07, 6.45) is 6.60. The van der Waals surface area contributed by atoms with Gasteiger partial charge in [-0.15, -0.1) is 0 Å². The zero-order valence-electron chi connectivity index (χ0n) is 20.1. The Morgan fingerprint density at radius 1 is 1.15 bits per heavy atom. The number of pyridine rings is 2. The summed E-state index contributed by atoms with van der Waals surface area (Å²) in [4.78, 5) is 36.8. The largest absolute Gasteiger partial charge is 0.462 e. The number of unbranched alkanes of at least 4 members (excludes halogenated alkanes) is 1. The number of anilines is 2. The molecule has 7 heteroatoms. The molecule has 0 radical (unpaired) electrons. The first-order valence-corrected chi connectivity index (χ1v) is 12.1. The summed E-state index contributed by atoms with van der Waals surface area (Å²) < 4.78 is 5.30. The van der Waals surface area contributed by atoms with E-state index in [0.29, 0.717) is 29.1 Å². The quantitative estimate of drug-likeness (QED) is 0.362. The first-order chi connectivity index (χ1) is 16.5. The molecule has 1 amide bonds. The summed E-state index contributed by atoms with van der Waals surface area (Å²) >= 11 is 0. The van der Waals surface area contributed by atoms with Crippen molar-refractivity contribution < 1.29 is 14.3 Å². The van der Waals surface area contributed by atoms with Crippen LogP contribution in [0.3, 0.4) is 0 Å². The molecule has 34 heavy (non-hydrogen) atoms. The molecule has 2 aromatic heterocycles. The number of carbonyl (C=O) groups excluding carboxylic acids is 2. The topological polar surface area (TPSA) is 84.4 Å². The first kappa shape index (κ1) is 23.7. The Hall–Kier alpha value is -3.48. The maximum absolute atomic E-state index is 13.6. The maximum Gasteiger partial charge on any atom is 0.338 e. The van der Waals surface area contributed by atoms with Crippen molar-refractivity contribution in [1.29, 1.82) is 0 Å². The molecule has 7 nitrogen and oxygen atoms in total. The maximum atomic E-state index is 13.6. The van der Waals surface area contributed by atoms with E-state index in [0.717, 1.165) is 55.4 Å². The number of ether oxygens (including phenoxy) is 1. The standard InChI is InChI=1S/C27H32N4O3/c1-4-5-16-34-27(33)20-10-12-21(13-11-20)30-24-22-14-9-18(2)29-25(22)28-17-23(24)26(32)31-15-7-6-8-19(31)3/h9-14,17,19H,4-8,15-16H2,1-3H3,(H,28,29,30)/t19-/m1/s1. The van der Waals surface area contributed by atoms with Crippen LogP contribution in [0.15, 0.2) is 42.6 Å². The van der Waals surface area contributed by atoms with E-state index in [9.17, 15) is 9.59 Å². The van der Waals surface area contributed by atoms with E-state index in [1.54, 1.807) is 18.3 Å². The van der Waals surface area contributed by atoms with Crippen molar-refractivity contribution in [3.8, 4) is 0 Å². The van der Waals surface area contributed by atoms with Crippen LogP contribution in [0.1, 0.15) is 72.4 Å². The van der Waals surface area contributed by atoms with Gasteiger partial charge in [0.25, 0.3) is 5.91 Å². The van der Waals surface area contributed by atoms with Crippen LogP contribution in [0, 0.1) is 6.92 Å². The fourth-order valence-electron chi connectivity index (χ4n) is 4.25. The number of piperidine rings is 1. The van der Waals surface area contributed by atoms with Crippen LogP contribution >= 0.6 is 0 Å². The van der Waals surface area contributed by atoms with Gasteiger partial charge in [0, 0.05) is 35.6 Å². The Kier molecular flexibility index (Phi) is 7.40. The number of amides is 1. The van der Waals surface area contributed by atoms with Gasteiger partial charge in [0.1, 0.15) is 0 Å². The molecule has 0 saturated carbocycles. The van der Waals surface area contributed by atoms with Crippen molar-refractivity contribution in [2.45, 2.75) is 58.9 Å². The molecule has 4 rings (SSSR count). The smallest absolute Gasteiger partial charge is 0.338 e. The van der Waals surface area contributed by atoms with Gasteiger partial charge in [-0.05, 0) is 75.9 Å². The molecule has 0 unspecified atom stereocenters. The SMILES string of the molecule is CCCCOC(=O)c1ccc(Nc2c(C(=O)N3CCCC[C@H]3C)cnc3nc(C)ccc23)cc1. The third-order valence-corrected chi connectivity index (χ3v) is 6.28. The van der Waals surface area contributed by atoms with Crippen LogP contribution in [0.25, 0.3) is 11.0 Å². The van der Waals surface area contributed by atoms with Crippen molar-refractivity contribution in [2.24, 2.45) is 0 Å². The zero-order chi connectivity index (χ0) is 24.1. The summed E-state index contributed by atoms with van der Waals surface area (Å²) in [6, 6.07) is 11.2. The Labute approximate surface area is 200 Å². The molecule has 3 aromatic rings. The normalized spacial score (nSPS) is 15.9. The summed E-state index contributed by atoms with van der Waals surface area (Å²) in [6.45, 7) is 7.24. The molecule has 1 atom stereocenters. The average Bonchev–Trinajstić information content (AvgIpc) is 2.84. The lowest BCUT2D eigenvalue weighted by atomic mass is 10.0. The number of carbonyl (C=O) groups is 2. The third-order valence-electron chi connectivity index (χ3n) is 6.28. The number of aromatic nitrogens is 2. The number of rotatable bonds is 7. The summed E-state index contributed by atoms with van der Waals surface area (Å²) in [5.41, 5.74) is 3.91. The van der Waals surface area contributed by atoms with E-state index in [2.05, 4.69) is 29.1 Å². The van der Waals surface area contributed by atoms with E-state index in [1.807, 2.05) is 36.1 Å². The lowest BCUT2D eigenvalue weighted by molar-refractivity contribution is 0.0499. The number of benzene rings is 1. The van der Waals surface area contributed by atoms with E-state index in [1.165, 1.54) is 0 Å². The van der Waals surface area contributed by atoms with Gasteiger partial charge in [-0.25, -0.2) is 14.8 Å². The molecule has 0 aliphatic carbocycles. The number of likely N-dealkylation sites (tertiary alicyclic amines) is 1. The molecule has 1 fully saturated rings. The van der Waals surface area contributed by atoms with E-state index >= 15 is 0 Å². The van der Waals surface area contributed by atoms with Gasteiger partial charge >= 0.3 is 5.97 Å². The Morgan fingerprint density at radius 3 is 2.68 bits per heavy atom. The van der Waals surface area contributed by atoms with Crippen molar-refractivity contribution >= 4 is 34.3 Å². The van der Waals surface area contributed by atoms with Gasteiger partial charge in [-0.2, -0.15) is 0 Å². The highest BCUT2D eigenvalue weighted by atomic mass is 16.5. The molecule has 1 aromatic carbocycles. The molecule has 0 spiro atoms. The molecule has 1 N–H and O–H groups in total. The van der Waals surface area contributed by atoms with Gasteiger partial charge in [-0.1, -0.05) is 13.3 Å². The number of hydrogen-bond donors (Lipinski definition) is 1. The lowest BCUT2D eigenvalue weighted by Crippen LogP contribution is -2.42. The minimum Gasteiger partial charge on any atom is -0.462 e. The Bertz CT molecular complexity index is 1180. The van der Waals surface area contributed by atoms with Crippen LogP contribution in [-0.2, 0) is 4.74 Å². The highest BCUT2D eigenvalue weighted by molar-refractivity contribution is 6.07. The van der Waals surface area contributed by atoms with Crippen molar-refractivity contribution in [2.75, 3.05) is 18.5 Å². The first-order valence-electron chi connectivity index (χ1n) is 12.1. The summed E-state index contributed by atoms with van der Waals surface area (Å²) in [5.74, 6) is -0.357. The van der Waals surface area contributed by atoms with Crippen LogP contribution < -0.4 is 5.32 Å². The van der Waals surface area contributed by atoms with Gasteiger partial charge in [0.05, 0.1) is 23.4 Å². The summed E-state index contributed by atoms with van der Waals surface area (Å²) in [5, 5.41) is 4.19. The van der Waals surface area contributed by atoms with E-state index < -0.39 is 0 Å². The number of aryl methyl sites for hydroxylation is 1. The predicted molar refractivity (Wildman–Crippen MR) is 134 cm³/mol. The Morgan fingerprint density at radius 2 is 1.94 bits per heavy atom. The van der Waals surface area contributed by atoms with Crippen molar-refractivity contribution in [3.05, 3.63) is 59.4 Å². The molecule has 1 aliphatic heterocycles. The Balaban J connectivity index is 1.65. The average molecular weight is 461 g/mol. The molecule has 1 aliphatic rings. The fraction of sp³-hybridized carbons (Fsp3) is 0.407. The van der Waals surface area contributed by atoms with Gasteiger partial charge in [0.15, 0.2) is 5.65 Å². The molecule has 1 saturated heterocycles. The summed E-state index contributed by atoms with van der Waals surface area (Å²) in [7, 11) is 0. The molecule has 3 heterocycles. The number of nitrogens with zero attached hydrogens (tertiary/aromatic N) is 3. The second kappa shape index (κ2) is 10.6. The van der Waals surface area contributed by atoms with Gasteiger partial charge in [-0.3, -0.25) is 4.79 Å². The highest BCUT2D eigenvalue weighted by Gasteiger charge is 2.27.